The SMILES string of the molecule is CC(C)(CN=[N+]=[N-])OC(=O)n1cc2c(n1)CCC(N(C(=O)c1cccc3c1ccn3CCCCOCN=[N+]=[N-])C1CC1)C2. The van der Waals surface area contributed by atoms with Crippen molar-refractivity contribution in [1.29, 1.82) is 0 Å². The highest BCUT2D eigenvalue weighted by molar-refractivity contribution is 6.07. The van der Waals surface area contributed by atoms with Gasteiger partial charge in [0.2, 0.25) is 0 Å². The van der Waals surface area contributed by atoms with Crippen molar-refractivity contribution < 1.29 is 19.1 Å². The molecule has 14 heteroatoms. The van der Waals surface area contributed by atoms with Gasteiger partial charge in [0.25, 0.3) is 5.91 Å². The van der Waals surface area contributed by atoms with Crippen LogP contribution in [0.3, 0.4) is 0 Å². The summed E-state index contributed by atoms with van der Waals surface area (Å²) in [6.07, 6.45) is 8.84. The third-order valence-corrected chi connectivity index (χ3v) is 7.87. The van der Waals surface area contributed by atoms with Crippen molar-refractivity contribution in [2.24, 2.45) is 10.2 Å². The fraction of sp³-hybridized carbons (Fsp3) is 0.552. The maximum absolute atomic E-state index is 14.1. The first-order valence-corrected chi connectivity index (χ1v) is 14.6. The number of aromatic nitrogens is 3. The van der Waals surface area contributed by atoms with Crippen LogP contribution in [-0.2, 0) is 28.9 Å². The summed E-state index contributed by atoms with van der Waals surface area (Å²) in [4.78, 5) is 34.4. The quantitative estimate of drug-likeness (QED) is 0.101. The van der Waals surface area contributed by atoms with Crippen LogP contribution in [0.25, 0.3) is 31.8 Å². The van der Waals surface area contributed by atoms with E-state index in [0.717, 1.165) is 60.8 Å². The normalized spacial score (nSPS) is 16.2. The zero-order valence-electron chi connectivity index (χ0n) is 24.5. The lowest BCUT2D eigenvalue weighted by Crippen LogP contribution is -2.44. The minimum atomic E-state index is -0.962. The number of hydrogen-bond acceptors (Lipinski definition) is 7. The fourth-order valence-electron chi connectivity index (χ4n) is 5.68. The first-order chi connectivity index (χ1) is 20.8. The first kappa shape index (κ1) is 30.0. The molecular formula is C29H36N10O4. The number of azide groups is 2. The van der Waals surface area contributed by atoms with E-state index in [1.54, 1.807) is 20.0 Å². The Labute approximate surface area is 248 Å². The number of carbonyl (C=O) groups is 2. The minimum Gasteiger partial charge on any atom is -0.442 e. The van der Waals surface area contributed by atoms with Crippen molar-refractivity contribution in [3.8, 4) is 0 Å². The molecule has 0 aliphatic heterocycles. The second kappa shape index (κ2) is 13.2. The van der Waals surface area contributed by atoms with Crippen LogP contribution in [0.2, 0.25) is 0 Å². The average molecular weight is 589 g/mol. The summed E-state index contributed by atoms with van der Waals surface area (Å²) in [6, 6.07) is 8.13. The zero-order valence-corrected chi connectivity index (χ0v) is 24.5. The van der Waals surface area contributed by atoms with E-state index in [0.29, 0.717) is 25.0 Å². The topological polar surface area (TPSA) is 176 Å². The highest BCUT2D eigenvalue weighted by Gasteiger charge is 2.40. The Hall–Kier alpha value is -4.51. The van der Waals surface area contributed by atoms with E-state index in [1.807, 2.05) is 30.5 Å². The minimum absolute atomic E-state index is 0.00490. The van der Waals surface area contributed by atoms with Gasteiger partial charge in [-0.05, 0) is 93.6 Å². The van der Waals surface area contributed by atoms with E-state index in [1.165, 1.54) is 4.68 Å². The number of nitrogens with zero attached hydrogens (tertiary/aromatic N) is 10. The molecule has 1 atom stereocenters. The van der Waals surface area contributed by atoms with Crippen LogP contribution in [0.5, 0.6) is 0 Å². The fourth-order valence-corrected chi connectivity index (χ4v) is 5.68. The standard InChI is InChI=1S/C29H36N10O4/c1-29(2,18-32-35-30)43-28(41)38-17-20-16-22(10-11-25(20)34-38)39(21-8-9-21)27(40)24-6-5-7-26-23(24)12-14-37(26)13-3-4-15-42-19-33-36-31/h5-7,12,14,17,21-22H,3-4,8-11,13,15-16,18-19H2,1-2H3. The van der Waals surface area contributed by atoms with E-state index >= 15 is 0 Å². The molecule has 1 saturated carbocycles. The molecule has 0 N–H and O–H groups in total. The molecule has 0 radical (unpaired) electrons. The molecule has 14 nitrogen and oxygen atoms in total. The summed E-state index contributed by atoms with van der Waals surface area (Å²) in [5.41, 5.74) is 19.5. The Morgan fingerprint density at radius 3 is 2.70 bits per heavy atom. The number of carbonyl (C=O) groups excluding carboxylic acids is 2. The summed E-state index contributed by atoms with van der Waals surface area (Å²) in [5, 5.41) is 12.3. The van der Waals surface area contributed by atoms with Gasteiger partial charge in [0.1, 0.15) is 12.3 Å². The maximum Gasteiger partial charge on any atom is 0.435 e. The molecule has 2 aliphatic carbocycles. The van der Waals surface area contributed by atoms with E-state index in [-0.39, 0.29) is 31.3 Å². The van der Waals surface area contributed by atoms with E-state index < -0.39 is 11.7 Å². The lowest BCUT2D eigenvalue weighted by molar-refractivity contribution is 0.0441. The van der Waals surface area contributed by atoms with Gasteiger partial charge in [-0.25, -0.2) is 4.79 Å². The Balaban J connectivity index is 1.27. The maximum atomic E-state index is 14.1. The van der Waals surface area contributed by atoms with Crippen LogP contribution in [-0.4, -0.2) is 68.8 Å². The number of aryl methyl sites for hydroxylation is 2. The van der Waals surface area contributed by atoms with Gasteiger partial charge in [-0.1, -0.05) is 16.3 Å². The molecule has 43 heavy (non-hydrogen) atoms. The zero-order chi connectivity index (χ0) is 30.4. The second-order valence-electron chi connectivity index (χ2n) is 11.6. The molecule has 1 amide bonds. The van der Waals surface area contributed by atoms with Gasteiger partial charge in [0, 0.05) is 63.9 Å². The lowest BCUT2D eigenvalue weighted by atomic mass is 9.91. The van der Waals surface area contributed by atoms with Crippen molar-refractivity contribution in [3.05, 3.63) is 74.4 Å². The molecule has 3 aromatic rings. The molecule has 2 aromatic heterocycles. The third kappa shape index (κ3) is 7.11. The Morgan fingerprint density at radius 2 is 1.93 bits per heavy atom. The summed E-state index contributed by atoms with van der Waals surface area (Å²) in [7, 11) is 0. The van der Waals surface area contributed by atoms with Crippen LogP contribution < -0.4 is 0 Å². The summed E-state index contributed by atoms with van der Waals surface area (Å²) in [6.45, 7) is 4.73. The number of rotatable bonds is 13. The van der Waals surface area contributed by atoms with Crippen molar-refractivity contribution in [1.82, 2.24) is 19.2 Å². The summed E-state index contributed by atoms with van der Waals surface area (Å²) >= 11 is 0. The first-order valence-electron chi connectivity index (χ1n) is 14.6. The second-order valence-corrected chi connectivity index (χ2v) is 11.6. The number of hydrogen-bond donors (Lipinski definition) is 0. The smallest absolute Gasteiger partial charge is 0.435 e. The average Bonchev–Trinajstić information content (AvgIpc) is 3.58. The van der Waals surface area contributed by atoms with Crippen molar-refractivity contribution in [2.45, 2.75) is 83.0 Å². The highest BCUT2D eigenvalue weighted by atomic mass is 16.6. The van der Waals surface area contributed by atoms with Crippen LogP contribution in [0.15, 0.2) is 46.9 Å². The summed E-state index contributed by atoms with van der Waals surface area (Å²) in [5.74, 6) is 0.0392. The largest absolute Gasteiger partial charge is 0.442 e. The number of benzene rings is 1. The molecule has 2 heterocycles. The van der Waals surface area contributed by atoms with E-state index in [9.17, 15) is 9.59 Å². The molecule has 1 aromatic carbocycles. The lowest BCUT2D eigenvalue weighted by Gasteiger charge is -2.34. The van der Waals surface area contributed by atoms with Gasteiger partial charge in [-0.2, -0.15) is 9.78 Å². The molecule has 0 bridgehead atoms. The van der Waals surface area contributed by atoms with E-state index in [2.05, 4.69) is 34.6 Å². The van der Waals surface area contributed by atoms with Crippen molar-refractivity contribution in [2.75, 3.05) is 19.9 Å². The van der Waals surface area contributed by atoms with Crippen molar-refractivity contribution in [3.63, 3.8) is 0 Å². The Bertz CT molecular complexity index is 1580. The van der Waals surface area contributed by atoms with Crippen molar-refractivity contribution >= 4 is 22.9 Å². The van der Waals surface area contributed by atoms with Gasteiger partial charge >= 0.3 is 6.09 Å². The molecule has 0 spiro atoms. The van der Waals surface area contributed by atoms with Crippen LogP contribution >= 0.6 is 0 Å². The molecule has 0 saturated heterocycles. The molecule has 2 aliphatic rings. The van der Waals surface area contributed by atoms with Gasteiger partial charge in [-0.3, -0.25) is 4.79 Å². The summed E-state index contributed by atoms with van der Waals surface area (Å²) < 4.78 is 14.2. The van der Waals surface area contributed by atoms with Crippen LogP contribution in [0.1, 0.15) is 67.6 Å². The molecule has 226 valence electrons. The van der Waals surface area contributed by atoms with Gasteiger partial charge in [0.15, 0.2) is 0 Å². The van der Waals surface area contributed by atoms with Gasteiger partial charge in [-0.15, -0.1) is 0 Å². The molecule has 1 unspecified atom stereocenters. The third-order valence-electron chi connectivity index (χ3n) is 7.87. The highest BCUT2D eigenvalue weighted by Crippen LogP contribution is 2.36. The monoisotopic (exact) mass is 588 g/mol. The number of amides is 1. The van der Waals surface area contributed by atoms with Gasteiger partial charge < -0.3 is 18.9 Å². The number of fused-ring (bicyclic) bond motifs is 2. The molecule has 1 fully saturated rings. The predicted octanol–water partition coefficient (Wildman–Crippen LogP) is 6.14. The molecular weight excluding hydrogens is 552 g/mol. The van der Waals surface area contributed by atoms with Crippen LogP contribution in [0, 0.1) is 0 Å². The number of ether oxygens (including phenoxy) is 2. The Morgan fingerprint density at radius 1 is 1.12 bits per heavy atom. The predicted molar refractivity (Wildman–Crippen MR) is 158 cm³/mol. The van der Waals surface area contributed by atoms with Gasteiger partial charge in [0.05, 0.1) is 12.2 Å². The van der Waals surface area contributed by atoms with Crippen LogP contribution in [0.4, 0.5) is 4.79 Å². The Kier molecular flexibility index (Phi) is 9.20. The molecule has 5 rings (SSSR count). The number of unbranched alkanes of at least 4 members (excludes halogenated alkanes) is 1. The van der Waals surface area contributed by atoms with E-state index in [4.69, 9.17) is 20.5 Å².